The van der Waals surface area contributed by atoms with Crippen molar-refractivity contribution in [3.63, 3.8) is 0 Å². The second kappa shape index (κ2) is 31.0. The predicted molar refractivity (Wildman–Crippen MR) is 156 cm³/mol. The SMILES string of the molecule is CCCCCCCCCCCCCCCCCCCCCCCCCCCCCCC(O)CC. The molecule has 0 aromatic heterocycles. The number of unbranched alkanes of at least 4 members (excludes halogenated alkanes) is 27. The second-order valence-electron chi connectivity index (χ2n) is 11.4. The highest BCUT2D eigenvalue weighted by atomic mass is 16.3. The minimum Gasteiger partial charge on any atom is -0.393 e. The molecule has 1 heteroatoms. The van der Waals surface area contributed by atoms with Crippen molar-refractivity contribution in [2.24, 2.45) is 0 Å². The van der Waals surface area contributed by atoms with Gasteiger partial charge < -0.3 is 5.11 Å². The van der Waals surface area contributed by atoms with Gasteiger partial charge in [-0.2, -0.15) is 0 Å². The van der Waals surface area contributed by atoms with Gasteiger partial charge in [-0.15, -0.1) is 0 Å². The molecule has 0 bridgehead atoms. The van der Waals surface area contributed by atoms with Crippen molar-refractivity contribution >= 4 is 0 Å². The molecule has 0 aliphatic heterocycles. The van der Waals surface area contributed by atoms with Crippen LogP contribution < -0.4 is 0 Å². The van der Waals surface area contributed by atoms with Gasteiger partial charge in [-0.3, -0.25) is 0 Å². The number of aliphatic hydroxyl groups is 1. The zero-order valence-electron chi connectivity index (χ0n) is 24.2. The zero-order valence-corrected chi connectivity index (χ0v) is 24.2. The maximum absolute atomic E-state index is 9.55. The molecule has 0 saturated carbocycles. The van der Waals surface area contributed by atoms with Crippen LogP contribution in [0.4, 0.5) is 0 Å². The number of rotatable bonds is 30. The van der Waals surface area contributed by atoms with Gasteiger partial charge in [-0.25, -0.2) is 0 Å². The first kappa shape index (κ1) is 34.0. The van der Waals surface area contributed by atoms with Gasteiger partial charge in [-0.1, -0.05) is 194 Å². The van der Waals surface area contributed by atoms with Crippen molar-refractivity contribution in [2.45, 2.75) is 213 Å². The van der Waals surface area contributed by atoms with Crippen LogP contribution in [0.15, 0.2) is 0 Å². The van der Waals surface area contributed by atoms with E-state index in [0.717, 1.165) is 12.8 Å². The van der Waals surface area contributed by atoms with Gasteiger partial charge in [0.25, 0.3) is 0 Å². The maximum atomic E-state index is 9.55. The van der Waals surface area contributed by atoms with Gasteiger partial charge in [0.05, 0.1) is 6.10 Å². The normalized spacial score (nSPS) is 12.4. The summed E-state index contributed by atoms with van der Waals surface area (Å²) < 4.78 is 0. The van der Waals surface area contributed by atoms with E-state index >= 15 is 0 Å². The van der Waals surface area contributed by atoms with Gasteiger partial charge in [-0.05, 0) is 12.8 Å². The number of hydrogen-bond donors (Lipinski definition) is 1. The molecule has 1 nitrogen and oxygen atoms in total. The van der Waals surface area contributed by atoms with E-state index < -0.39 is 0 Å². The second-order valence-corrected chi connectivity index (χ2v) is 11.4. The van der Waals surface area contributed by atoms with E-state index in [2.05, 4.69) is 13.8 Å². The van der Waals surface area contributed by atoms with Crippen LogP contribution in [-0.4, -0.2) is 11.2 Å². The lowest BCUT2D eigenvalue weighted by Crippen LogP contribution is -2.03. The summed E-state index contributed by atoms with van der Waals surface area (Å²) in [4.78, 5) is 0. The van der Waals surface area contributed by atoms with E-state index in [1.807, 2.05) is 0 Å². The molecule has 0 fully saturated rings. The van der Waals surface area contributed by atoms with Gasteiger partial charge in [0, 0.05) is 0 Å². The van der Waals surface area contributed by atoms with Gasteiger partial charge in [0.2, 0.25) is 0 Å². The minimum absolute atomic E-state index is 0.0518. The summed E-state index contributed by atoms with van der Waals surface area (Å²) in [6.07, 6.45) is 42.4. The van der Waals surface area contributed by atoms with Crippen molar-refractivity contribution in [1.82, 2.24) is 0 Å². The Balaban J connectivity index is 3.02. The van der Waals surface area contributed by atoms with E-state index in [0.29, 0.717) is 0 Å². The molecule has 206 valence electrons. The Labute approximate surface area is 217 Å². The van der Waals surface area contributed by atoms with E-state index in [1.54, 1.807) is 0 Å². The summed E-state index contributed by atoms with van der Waals surface area (Å²) in [5.41, 5.74) is 0. The van der Waals surface area contributed by atoms with Gasteiger partial charge >= 0.3 is 0 Å². The van der Waals surface area contributed by atoms with Crippen LogP contribution >= 0.6 is 0 Å². The fraction of sp³-hybridized carbons (Fsp3) is 1.00. The standard InChI is InChI=1S/C33H68O/c1-3-5-6-7-8-9-10-11-12-13-14-15-16-17-18-19-20-21-22-23-24-25-26-27-28-29-30-31-32-33(34)4-2/h33-34H,3-32H2,1-2H3. The van der Waals surface area contributed by atoms with Crippen LogP contribution in [0.25, 0.3) is 0 Å². The molecule has 0 amide bonds. The molecular weight excluding hydrogens is 412 g/mol. The smallest absolute Gasteiger partial charge is 0.0537 e. The summed E-state index contributed by atoms with van der Waals surface area (Å²) in [6.45, 7) is 4.38. The first-order valence-corrected chi connectivity index (χ1v) is 16.5. The van der Waals surface area contributed by atoms with Gasteiger partial charge in [0.1, 0.15) is 0 Å². The average molecular weight is 481 g/mol. The summed E-state index contributed by atoms with van der Waals surface area (Å²) >= 11 is 0. The predicted octanol–water partition coefficient (Wildman–Crippen LogP) is 12.1. The molecule has 0 saturated heterocycles. The summed E-state index contributed by atoms with van der Waals surface area (Å²) in [7, 11) is 0. The monoisotopic (exact) mass is 481 g/mol. The topological polar surface area (TPSA) is 20.2 Å². The molecule has 0 rings (SSSR count). The molecule has 0 aliphatic carbocycles. The van der Waals surface area contributed by atoms with Crippen LogP contribution in [0.2, 0.25) is 0 Å². The summed E-state index contributed by atoms with van der Waals surface area (Å²) in [5.74, 6) is 0. The molecule has 0 spiro atoms. The van der Waals surface area contributed by atoms with Crippen molar-refractivity contribution in [1.29, 1.82) is 0 Å². The highest BCUT2D eigenvalue weighted by molar-refractivity contribution is 4.54. The molecule has 0 aromatic carbocycles. The summed E-state index contributed by atoms with van der Waals surface area (Å²) in [6, 6.07) is 0. The Bertz CT molecular complexity index is 339. The Kier molecular flexibility index (Phi) is 31.0. The van der Waals surface area contributed by atoms with E-state index in [-0.39, 0.29) is 6.10 Å². The van der Waals surface area contributed by atoms with Crippen LogP contribution in [0.3, 0.4) is 0 Å². The fourth-order valence-electron chi connectivity index (χ4n) is 5.25. The highest BCUT2D eigenvalue weighted by Gasteiger charge is 2.00. The molecule has 1 unspecified atom stereocenters. The number of hydrogen-bond acceptors (Lipinski definition) is 1. The molecule has 0 aliphatic rings. The lowest BCUT2D eigenvalue weighted by molar-refractivity contribution is 0.156. The summed E-state index contributed by atoms with van der Waals surface area (Å²) in [5, 5.41) is 9.55. The lowest BCUT2D eigenvalue weighted by atomic mass is 10.0. The van der Waals surface area contributed by atoms with Crippen molar-refractivity contribution in [3.8, 4) is 0 Å². The third-order valence-corrected chi connectivity index (χ3v) is 7.86. The molecule has 1 N–H and O–H groups in total. The molecule has 1 atom stereocenters. The Morgan fingerprint density at radius 2 is 0.529 bits per heavy atom. The first-order valence-electron chi connectivity index (χ1n) is 16.5. The quantitative estimate of drug-likeness (QED) is 0.101. The van der Waals surface area contributed by atoms with Gasteiger partial charge in [0.15, 0.2) is 0 Å². The van der Waals surface area contributed by atoms with Crippen molar-refractivity contribution < 1.29 is 5.11 Å². The van der Waals surface area contributed by atoms with Crippen molar-refractivity contribution in [2.75, 3.05) is 0 Å². The van der Waals surface area contributed by atoms with Crippen LogP contribution in [-0.2, 0) is 0 Å². The van der Waals surface area contributed by atoms with E-state index in [9.17, 15) is 5.11 Å². The first-order chi connectivity index (χ1) is 16.8. The zero-order chi connectivity index (χ0) is 24.8. The largest absolute Gasteiger partial charge is 0.393 e. The fourth-order valence-corrected chi connectivity index (χ4v) is 5.25. The third-order valence-electron chi connectivity index (χ3n) is 7.86. The Morgan fingerprint density at radius 3 is 0.735 bits per heavy atom. The van der Waals surface area contributed by atoms with E-state index in [4.69, 9.17) is 0 Å². The average Bonchev–Trinajstić information content (AvgIpc) is 2.85. The minimum atomic E-state index is -0.0518. The molecule has 0 radical (unpaired) electrons. The molecular formula is C33H68O. The maximum Gasteiger partial charge on any atom is 0.0537 e. The third kappa shape index (κ3) is 30.0. The van der Waals surface area contributed by atoms with Crippen LogP contribution in [0.1, 0.15) is 206 Å². The molecule has 0 heterocycles. The van der Waals surface area contributed by atoms with Crippen molar-refractivity contribution in [3.05, 3.63) is 0 Å². The Hall–Kier alpha value is -0.0400. The Morgan fingerprint density at radius 1 is 0.324 bits per heavy atom. The lowest BCUT2D eigenvalue weighted by Gasteiger charge is -2.06. The molecule has 0 aromatic rings. The van der Waals surface area contributed by atoms with Crippen LogP contribution in [0, 0.1) is 0 Å². The van der Waals surface area contributed by atoms with Crippen LogP contribution in [0.5, 0.6) is 0 Å². The highest BCUT2D eigenvalue weighted by Crippen LogP contribution is 2.16. The van der Waals surface area contributed by atoms with E-state index in [1.165, 1.54) is 180 Å². The number of aliphatic hydroxyl groups excluding tert-OH is 1. The molecule has 34 heavy (non-hydrogen) atoms.